The van der Waals surface area contributed by atoms with E-state index in [9.17, 15) is 0 Å². The van der Waals surface area contributed by atoms with Crippen molar-refractivity contribution >= 4 is 5.69 Å². The Balaban J connectivity index is 2.50. The summed E-state index contributed by atoms with van der Waals surface area (Å²) >= 11 is 0. The number of nitrogens with one attached hydrogen (secondary N) is 1. The Morgan fingerprint density at radius 3 is 2.36 bits per heavy atom. The minimum Gasteiger partial charge on any atom is -0.491 e. The van der Waals surface area contributed by atoms with Gasteiger partial charge in [-0.1, -0.05) is 6.92 Å². The minimum atomic E-state index is 0.240. The van der Waals surface area contributed by atoms with Crippen LogP contribution in [0.25, 0.3) is 0 Å². The van der Waals surface area contributed by atoms with Crippen molar-refractivity contribution in [2.45, 2.75) is 33.3 Å². The van der Waals surface area contributed by atoms with Crippen molar-refractivity contribution < 1.29 is 4.74 Å². The van der Waals surface area contributed by atoms with E-state index in [1.807, 2.05) is 38.1 Å². The molecule has 1 aromatic rings. The van der Waals surface area contributed by atoms with Gasteiger partial charge < -0.3 is 10.1 Å². The predicted molar refractivity (Wildman–Crippen MR) is 61.0 cm³/mol. The van der Waals surface area contributed by atoms with Crippen molar-refractivity contribution in [1.82, 2.24) is 0 Å². The van der Waals surface area contributed by atoms with Crippen molar-refractivity contribution in [2.75, 3.05) is 11.9 Å². The van der Waals surface area contributed by atoms with E-state index in [1.165, 1.54) is 0 Å². The number of anilines is 1. The first-order valence-corrected chi connectivity index (χ1v) is 5.23. The van der Waals surface area contributed by atoms with E-state index in [4.69, 9.17) is 4.74 Å². The van der Waals surface area contributed by atoms with Gasteiger partial charge in [0.05, 0.1) is 6.10 Å². The smallest absolute Gasteiger partial charge is 0.119 e. The van der Waals surface area contributed by atoms with Gasteiger partial charge in [-0.2, -0.15) is 0 Å². The lowest BCUT2D eigenvalue weighted by atomic mass is 10.3. The van der Waals surface area contributed by atoms with Gasteiger partial charge in [0.25, 0.3) is 0 Å². The maximum Gasteiger partial charge on any atom is 0.119 e. The quantitative estimate of drug-likeness (QED) is 0.774. The van der Waals surface area contributed by atoms with Crippen LogP contribution < -0.4 is 10.1 Å². The zero-order chi connectivity index (χ0) is 10.4. The highest BCUT2D eigenvalue weighted by atomic mass is 16.5. The van der Waals surface area contributed by atoms with Crippen LogP contribution in [-0.2, 0) is 0 Å². The lowest BCUT2D eigenvalue weighted by Gasteiger charge is -2.10. The van der Waals surface area contributed by atoms with Crippen LogP contribution in [0.5, 0.6) is 5.75 Å². The molecule has 0 aliphatic heterocycles. The number of rotatable bonds is 5. The molecule has 2 heteroatoms. The lowest BCUT2D eigenvalue weighted by molar-refractivity contribution is 0.242. The van der Waals surface area contributed by atoms with Crippen molar-refractivity contribution in [3.8, 4) is 5.75 Å². The Labute approximate surface area is 86.3 Å². The molecule has 0 fully saturated rings. The van der Waals surface area contributed by atoms with Gasteiger partial charge in [-0.05, 0) is 44.5 Å². The second-order valence-corrected chi connectivity index (χ2v) is 3.62. The highest BCUT2D eigenvalue weighted by molar-refractivity contribution is 5.46. The summed E-state index contributed by atoms with van der Waals surface area (Å²) in [6.45, 7) is 7.24. The van der Waals surface area contributed by atoms with Gasteiger partial charge in [0.2, 0.25) is 0 Å². The predicted octanol–water partition coefficient (Wildman–Crippen LogP) is 3.30. The van der Waals surface area contributed by atoms with Gasteiger partial charge >= 0.3 is 0 Å². The van der Waals surface area contributed by atoms with Gasteiger partial charge in [-0.3, -0.25) is 0 Å². The average Bonchev–Trinajstić information content (AvgIpc) is 2.16. The second-order valence-electron chi connectivity index (χ2n) is 3.62. The zero-order valence-corrected chi connectivity index (χ0v) is 9.21. The van der Waals surface area contributed by atoms with E-state index in [2.05, 4.69) is 12.2 Å². The molecule has 0 heterocycles. The number of ether oxygens (including phenoxy) is 1. The van der Waals surface area contributed by atoms with E-state index >= 15 is 0 Å². The number of hydrogen-bond acceptors (Lipinski definition) is 2. The van der Waals surface area contributed by atoms with Crippen LogP contribution in [0.3, 0.4) is 0 Å². The Morgan fingerprint density at radius 2 is 1.86 bits per heavy atom. The second kappa shape index (κ2) is 5.53. The minimum absolute atomic E-state index is 0.240. The summed E-state index contributed by atoms with van der Waals surface area (Å²) in [7, 11) is 0. The molecule has 0 amide bonds. The monoisotopic (exact) mass is 193 g/mol. The van der Waals surface area contributed by atoms with E-state index in [-0.39, 0.29) is 6.10 Å². The van der Waals surface area contributed by atoms with Crippen LogP contribution in [-0.4, -0.2) is 12.6 Å². The Morgan fingerprint density at radius 1 is 1.21 bits per heavy atom. The molecule has 2 nitrogen and oxygen atoms in total. The van der Waals surface area contributed by atoms with Crippen LogP contribution in [0.4, 0.5) is 5.69 Å². The third-order valence-electron chi connectivity index (χ3n) is 1.81. The van der Waals surface area contributed by atoms with Crippen molar-refractivity contribution in [3.05, 3.63) is 24.3 Å². The highest BCUT2D eigenvalue weighted by Gasteiger charge is 1.96. The van der Waals surface area contributed by atoms with Crippen molar-refractivity contribution in [1.29, 1.82) is 0 Å². The maximum atomic E-state index is 5.55. The molecule has 1 aromatic carbocycles. The zero-order valence-electron chi connectivity index (χ0n) is 9.21. The fourth-order valence-electron chi connectivity index (χ4n) is 1.19. The highest BCUT2D eigenvalue weighted by Crippen LogP contribution is 2.16. The Kier molecular flexibility index (Phi) is 4.30. The van der Waals surface area contributed by atoms with Gasteiger partial charge in [0.15, 0.2) is 0 Å². The molecule has 0 spiro atoms. The molecule has 14 heavy (non-hydrogen) atoms. The SMILES string of the molecule is CCCNc1ccc(OC(C)C)cc1. The summed E-state index contributed by atoms with van der Waals surface area (Å²) < 4.78 is 5.55. The van der Waals surface area contributed by atoms with Gasteiger partial charge in [0, 0.05) is 12.2 Å². The summed E-state index contributed by atoms with van der Waals surface area (Å²) in [5.41, 5.74) is 1.16. The molecular weight excluding hydrogens is 174 g/mol. The third-order valence-corrected chi connectivity index (χ3v) is 1.81. The maximum absolute atomic E-state index is 5.55. The number of benzene rings is 1. The summed E-state index contributed by atoms with van der Waals surface area (Å²) in [6, 6.07) is 8.09. The van der Waals surface area contributed by atoms with E-state index in [0.29, 0.717) is 0 Å². The normalized spacial score (nSPS) is 10.3. The van der Waals surface area contributed by atoms with Crippen LogP contribution in [0.15, 0.2) is 24.3 Å². The fourth-order valence-corrected chi connectivity index (χ4v) is 1.19. The van der Waals surface area contributed by atoms with Gasteiger partial charge in [0.1, 0.15) is 5.75 Å². The first-order valence-electron chi connectivity index (χ1n) is 5.23. The third kappa shape index (κ3) is 3.69. The summed E-state index contributed by atoms with van der Waals surface area (Å²) in [5.74, 6) is 0.932. The molecule has 1 rings (SSSR count). The summed E-state index contributed by atoms with van der Waals surface area (Å²) in [5, 5.41) is 3.32. The molecule has 0 atom stereocenters. The van der Waals surface area contributed by atoms with E-state index in [0.717, 1.165) is 24.4 Å². The standard InChI is InChI=1S/C12H19NO/c1-4-9-13-11-5-7-12(8-6-11)14-10(2)3/h5-8,10,13H,4,9H2,1-3H3. The molecule has 0 aromatic heterocycles. The number of hydrogen-bond donors (Lipinski definition) is 1. The van der Waals surface area contributed by atoms with Crippen LogP contribution in [0.1, 0.15) is 27.2 Å². The lowest BCUT2D eigenvalue weighted by Crippen LogP contribution is -2.05. The van der Waals surface area contributed by atoms with Gasteiger partial charge in [-0.25, -0.2) is 0 Å². The first-order chi connectivity index (χ1) is 6.72. The Bertz CT molecular complexity index is 254. The summed E-state index contributed by atoms with van der Waals surface area (Å²) in [6.07, 6.45) is 1.38. The Hall–Kier alpha value is -1.18. The fraction of sp³-hybridized carbons (Fsp3) is 0.500. The van der Waals surface area contributed by atoms with E-state index < -0.39 is 0 Å². The first kappa shape index (κ1) is 10.9. The summed E-state index contributed by atoms with van der Waals surface area (Å²) in [4.78, 5) is 0. The molecule has 0 unspecified atom stereocenters. The molecule has 0 saturated carbocycles. The molecule has 0 aliphatic carbocycles. The average molecular weight is 193 g/mol. The molecule has 0 saturated heterocycles. The van der Waals surface area contributed by atoms with Crippen LogP contribution in [0, 0.1) is 0 Å². The molecule has 0 bridgehead atoms. The molecule has 0 aliphatic rings. The largest absolute Gasteiger partial charge is 0.491 e. The topological polar surface area (TPSA) is 21.3 Å². The van der Waals surface area contributed by atoms with Crippen molar-refractivity contribution in [3.63, 3.8) is 0 Å². The van der Waals surface area contributed by atoms with Crippen LogP contribution in [0.2, 0.25) is 0 Å². The van der Waals surface area contributed by atoms with E-state index in [1.54, 1.807) is 0 Å². The molecular formula is C12H19NO. The van der Waals surface area contributed by atoms with Crippen molar-refractivity contribution in [2.24, 2.45) is 0 Å². The molecule has 1 N–H and O–H groups in total. The van der Waals surface area contributed by atoms with Crippen LogP contribution >= 0.6 is 0 Å². The molecule has 0 radical (unpaired) electrons. The van der Waals surface area contributed by atoms with Gasteiger partial charge in [-0.15, -0.1) is 0 Å². The molecule has 78 valence electrons.